The number of aryl methyl sites for hydroxylation is 2. The number of urea groups is 1. The molecule has 2 fully saturated rings. The fraction of sp³-hybridized carbons (Fsp3) is 0.359. The first-order chi connectivity index (χ1) is 23.5. The predicted octanol–water partition coefficient (Wildman–Crippen LogP) is 7.64. The zero-order valence-electron chi connectivity index (χ0n) is 28.9. The molecule has 0 saturated carbocycles. The fourth-order valence-electron chi connectivity index (χ4n) is 7.27. The van der Waals surface area contributed by atoms with Crippen LogP contribution in [0.25, 0.3) is 11.4 Å². The van der Waals surface area contributed by atoms with Gasteiger partial charge in [0.15, 0.2) is 5.69 Å². The van der Waals surface area contributed by atoms with Crippen LogP contribution in [0.1, 0.15) is 79.5 Å². The predicted molar refractivity (Wildman–Crippen MR) is 192 cm³/mol. The topological polar surface area (TPSA) is 110 Å². The number of nitrogens with zero attached hydrogens (tertiary/aromatic N) is 6. The highest BCUT2D eigenvalue weighted by atomic mass is 16.2. The lowest BCUT2D eigenvalue weighted by atomic mass is 9.85. The van der Waals surface area contributed by atoms with Gasteiger partial charge in [-0.3, -0.25) is 10.1 Å². The van der Waals surface area contributed by atoms with Crippen LogP contribution in [-0.4, -0.2) is 53.7 Å². The molecule has 2 unspecified atom stereocenters. The Labute approximate surface area is 287 Å². The van der Waals surface area contributed by atoms with E-state index in [0.717, 1.165) is 60.4 Å². The van der Waals surface area contributed by atoms with Crippen molar-refractivity contribution in [3.63, 3.8) is 0 Å². The second kappa shape index (κ2) is 13.0. The van der Waals surface area contributed by atoms with Crippen molar-refractivity contribution in [1.82, 2.24) is 29.7 Å². The molecule has 5 aromatic rings. The number of nitrogens with one attached hydrogen (secondary N) is 2. The first-order valence-electron chi connectivity index (χ1n) is 17.2. The van der Waals surface area contributed by atoms with Gasteiger partial charge in [-0.2, -0.15) is 15.0 Å². The first kappa shape index (κ1) is 32.3. The molecule has 10 nitrogen and oxygen atoms in total. The van der Waals surface area contributed by atoms with Crippen molar-refractivity contribution in [2.24, 2.45) is 5.92 Å². The molecule has 252 valence electrons. The third-order valence-corrected chi connectivity index (χ3v) is 9.74. The summed E-state index contributed by atoms with van der Waals surface area (Å²) in [4.78, 5) is 30.7. The number of carbonyl (C=O) groups excluding carboxylic acids is 2. The molecule has 4 heterocycles. The highest BCUT2D eigenvalue weighted by molar-refractivity contribution is 5.99. The Kier molecular flexibility index (Phi) is 8.56. The van der Waals surface area contributed by atoms with Gasteiger partial charge < -0.3 is 10.2 Å². The monoisotopic (exact) mass is 656 g/mol. The molecule has 0 aliphatic carbocycles. The van der Waals surface area contributed by atoms with Crippen LogP contribution in [0.3, 0.4) is 0 Å². The summed E-state index contributed by atoms with van der Waals surface area (Å²) in [5, 5.41) is 20.0. The van der Waals surface area contributed by atoms with Crippen LogP contribution in [0, 0.1) is 19.8 Å². The number of aromatic nitrogens is 5. The summed E-state index contributed by atoms with van der Waals surface area (Å²) in [7, 11) is 0. The summed E-state index contributed by atoms with van der Waals surface area (Å²) in [6.45, 7) is 10.2. The quantitative estimate of drug-likeness (QED) is 0.187. The third-order valence-electron chi connectivity index (χ3n) is 9.74. The van der Waals surface area contributed by atoms with Crippen LogP contribution >= 0.6 is 0 Å². The molecule has 3 amide bonds. The average Bonchev–Trinajstić information content (AvgIpc) is 3.75. The van der Waals surface area contributed by atoms with E-state index in [1.807, 2.05) is 86.6 Å². The Morgan fingerprint density at radius 2 is 1.51 bits per heavy atom. The maximum atomic E-state index is 13.8. The number of amides is 3. The summed E-state index contributed by atoms with van der Waals surface area (Å²) < 4.78 is 1.79. The molecule has 2 saturated heterocycles. The van der Waals surface area contributed by atoms with Crippen molar-refractivity contribution in [2.75, 3.05) is 10.6 Å². The van der Waals surface area contributed by atoms with Crippen molar-refractivity contribution in [2.45, 2.75) is 84.2 Å². The molecule has 0 spiro atoms. The van der Waals surface area contributed by atoms with Crippen LogP contribution < -0.4 is 10.6 Å². The Bertz CT molecular complexity index is 1960. The molecule has 0 radical (unpaired) electrons. The first-order valence-corrected chi connectivity index (χ1v) is 17.2. The molecule has 10 heteroatoms. The summed E-state index contributed by atoms with van der Waals surface area (Å²) in [5.41, 5.74) is 6.58. The molecule has 7 rings (SSSR count). The smallest absolute Gasteiger partial charge is 0.324 e. The van der Waals surface area contributed by atoms with E-state index in [0.29, 0.717) is 23.1 Å². The van der Waals surface area contributed by atoms with Crippen molar-refractivity contribution < 1.29 is 9.59 Å². The van der Waals surface area contributed by atoms with Crippen molar-refractivity contribution in [1.29, 1.82) is 0 Å². The van der Waals surface area contributed by atoms with Crippen molar-refractivity contribution in [3.05, 3.63) is 113 Å². The Morgan fingerprint density at radius 3 is 2.20 bits per heavy atom. The molecule has 2 atom stereocenters. The number of anilines is 2. The van der Waals surface area contributed by atoms with Gasteiger partial charge in [0.25, 0.3) is 5.91 Å². The van der Waals surface area contributed by atoms with Gasteiger partial charge in [0.05, 0.1) is 22.8 Å². The Hall–Kier alpha value is -5.25. The standard InChI is InChI=1S/C39H44N8O2/c1-25-14-16-30(17-15-25)46-35(24-34(43-46)39(3,4)5)41-38(49)40-29-11-9-10-27(21-29)20-28-22-32-18-19-33(23-28)45(32)37(48)36-26(2)42-47(44-36)31-12-7-6-8-13-31/h6-17,21,24,28,32-33H,18-20,22-23H2,1-5H3,(H2,40,41,49). The number of para-hydroxylation sites is 1. The van der Waals surface area contributed by atoms with Gasteiger partial charge in [-0.25, -0.2) is 9.48 Å². The molecule has 2 bridgehead atoms. The van der Waals surface area contributed by atoms with E-state index in [2.05, 4.69) is 58.6 Å². The molecule has 2 aliphatic rings. The lowest BCUT2D eigenvalue weighted by Crippen LogP contribution is -2.47. The van der Waals surface area contributed by atoms with E-state index in [1.165, 1.54) is 5.56 Å². The van der Waals surface area contributed by atoms with Gasteiger partial charge in [0, 0.05) is 29.3 Å². The number of rotatable bonds is 7. The van der Waals surface area contributed by atoms with E-state index in [-0.39, 0.29) is 29.4 Å². The number of benzene rings is 3. The Balaban J connectivity index is 0.999. The van der Waals surface area contributed by atoms with Crippen LogP contribution in [0.15, 0.2) is 84.9 Å². The molecular weight excluding hydrogens is 612 g/mol. The number of piperidine rings is 1. The minimum Gasteiger partial charge on any atom is -0.331 e. The zero-order valence-corrected chi connectivity index (χ0v) is 28.9. The number of fused-ring (bicyclic) bond motifs is 2. The highest BCUT2D eigenvalue weighted by Crippen LogP contribution is 2.41. The van der Waals surface area contributed by atoms with Gasteiger partial charge in [0.2, 0.25) is 0 Å². The average molecular weight is 657 g/mol. The minimum atomic E-state index is -0.324. The van der Waals surface area contributed by atoms with E-state index in [9.17, 15) is 9.59 Å². The summed E-state index contributed by atoms with van der Waals surface area (Å²) in [6, 6.07) is 27.9. The summed E-state index contributed by atoms with van der Waals surface area (Å²) >= 11 is 0. The molecule has 49 heavy (non-hydrogen) atoms. The van der Waals surface area contributed by atoms with E-state index < -0.39 is 0 Å². The molecule has 2 aromatic heterocycles. The van der Waals surface area contributed by atoms with Crippen LogP contribution in [-0.2, 0) is 11.8 Å². The number of hydrogen-bond acceptors (Lipinski definition) is 5. The van der Waals surface area contributed by atoms with Crippen LogP contribution in [0.5, 0.6) is 0 Å². The van der Waals surface area contributed by atoms with Gasteiger partial charge >= 0.3 is 6.03 Å². The van der Waals surface area contributed by atoms with E-state index in [1.54, 1.807) is 9.48 Å². The molecular formula is C39H44N8O2. The zero-order chi connectivity index (χ0) is 34.3. The van der Waals surface area contributed by atoms with Crippen LogP contribution in [0.4, 0.5) is 16.3 Å². The van der Waals surface area contributed by atoms with Gasteiger partial charge in [-0.05, 0) is 93.8 Å². The van der Waals surface area contributed by atoms with Gasteiger partial charge in [-0.15, -0.1) is 5.10 Å². The molecule has 3 aromatic carbocycles. The summed E-state index contributed by atoms with van der Waals surface area (Å²) in [5.74, 6) is 1.05. The SMILES string of the molecule is Cc1ccc(-n2nc(C(C)(C)C)cc2NC(=O)Nc2cccc(CC3CC4CCC(C3)N4C(=O)c3nn(-c4ccccc4)nc3C)c2)cc1. The second-order valence-electron chi connectivity index (χ2n) is 14.6. The number of hydrogen-bond donors (Lipinski definition) is 2. The maximum Gasteiger partial charge on any atom is 0.324 e. The van der Waals surface area contributed by atoms with Crippen molar-refractivity contribution in [3.8, 4) is 11.4 Å². The lowest BCUT2D eigenvalue weighted by Gasteiger charge is -2.38. The minimum absolute atomic E-state index is 0.0128. The van der Waals surface area contributed by atoms with Gasteiger partial charge in [-0.1, -0.05) is 68.8 Å². The second-order valence-corrected chi connectivity index (χ2v) is 14.6. The lowest BCUT2D eigenvalue weighted by molar-refractivity contribution is 0.0517. The van der Waals surface area contributed by atoms with Crippen LogP contribution in [0.2, 0.25) is 0 Å². The maximum absolute atomic E-state index is 13.8. The van der Waals surface area contributed by atoms with Crippen molar-refractivity contribution >= 4 is 23.4 Å². The van der Waals surface area contributed by atoms with E-state index >= 15 is 0 Å². The largest absolute Gasteiger partial charge is 0.331 e. The fourth-order valence-corrected chi connectivity index (χ4v) is 7.27. The number of carbonyl (C=O) groups is 2. The summed E-state index contributed by atoms with van der Waals surface area (Å²) in [6.07, 6.45) is 4.81. The normalized spacial score (nSPS) is 18.8. The third kappa shape index (κ3) is 6.86. The molecule has 2 aliphatic heterocycles. The highest BCUT2D eigenvalue weighted by Gasteiger charge is 2.44. The van der Waals surface area contributed by atoms with E-state index in [4.69, 9.17) is 5.10 Å². The Morgan fingerprint density at radius 1 is 0.796 bits per heavy atom. The molecule has 2 N–H and O–H groups in total. The van der Waals surface area contributed by atoms with Gasteiger partial charge in [0.1, 0.15) is 5.82 Å².